The molecule has 0 heterocycles. The van der Waals surface area contributed by atoms with E-state index in [1.54, 1.807) is 0 Å². The summed E-state index contributed by atoms with van der Waals surface area (Å²) in [5.41, 5.74) is -0.922. The molecule has 6 nitrogen and oxygen atoms in total. The van der Waals surface area contributed by atoms with Crippen molar-refractivity contribution >= 4 is 34.9 Å². The van der Waals surface area contributed by atoms with Crippen molar-refractivity contribution in [1.29, 1.82) is 0 Å². The summed E-state index contributed by atoms with van der Waals surface area (Å²) in [7, 11) is 0. The molecule has 0 spiro atoms. The molecular weight excluding hydrogens is 388 g/mol. The average molecular weight is 398 g/mol. The van der Waals surface area contributed by atoms with Crippen LogP contribution >= 0.6 is 23.2 Å². The van der Waals surface area contributed by atoms with Gasteiger partial charge < -0.3 is 9.47 Å². The second-order valence-corrected chi connectivity index (χ2v) is 5.79. The van der Waals surface area contributed by atoms with Crippen LogP contribution in [-0.4, -0.2) is 17.0 Å². The maximum atomic E-state index is 14.0. The Kier molecular flexibility index (Phi) is 6.03. The summed E-state index contributed by atoms with van der Waals surface area (Å²) in [5, 5.41) is 11.1. The molecule has 2 rings (SSSR count). The van der Waals surface area contributed by atoms with Crippen molar-refractivity contribution in [2.75, 3.05) is 0 Å². The van der Waals surface area contributed by atoms with E-state index in [0.717, 1.165) is 18.2 Å². The van der Waals surface area contributed by atoms with E-state index in [2.05, 4.69) is 5.92 Å². The molecule has 0 N–H and O–H groups in total. The van der Waals surface area contributed by atoms with E-state index >= 15 is 0 Å². The number of nitrogens with zero attached hydrogens (tertiary/aromatic N) is 1. The fourth-order valence-corrected chi connectivity index (χ4v) is 2.41. The third kappa shape index (κ3) is 4.42. The lowest BCUT2D eigenvalue weighted by Crippen LogP contribution is -2.14. The van der Waals surface area contributed by atoms with Gasteiger partial charge in [0, 0.05) is 17.2 Å². The van der Waals surface area contributed by atoms with Crippen LogP contribution in [0.25, 0.3) is 0 Å². The molecule has 26 heavy (non-hydrogen) atoms. The molecule has 0 saturated carbocycles. The van der Waals surface area contributed by atoms with Crippen molar-refractivity contribution in [2.45, 2.75) is 13.0 Å². The van der Waals surface area contributed by atoms with Crippen molar-refractivity contribution < 1.29 is 23.6 Å². The molecule has 0 amide bonds. The number of carbonyl (C=O) groups is 1. The van der Waals surface area contributed by atoms with Gasteiger partial charge in [-0.2, -0.15) is 0 Å². The minimum absolute atomic E-state index is 0.0658. The summed E-state index contributed by atoms with van der Waals surface area (Å²) in [5.74, 6) is -0.111. The lowest BCUT2D eigenvalue weighted by atomic mass is 10.1. The number of nitro groups is 1. The predicted molar refractivity (Wildman–Crippen MR) is 93.3 cm³/mol. The second-order valence-electron chi connectivity index (χ2n) is 4.95. The highest BCUT2D eigenvalue weighted by Crippen LogP contribution is 2.36. The first kappa shape index (κ1) is 19.5. The summed E-state index contributed by atoms with van der Waals surface area (Å²) < 4.78 is 24.2. The van der Waals surface area contributed by atoms with Crippen LogP contribution in [-0.2, 0) is 4.74 Å². The van der Waals surface area contributed by atoms with Crippen LogP contribution in [0.4, 0.5) is 10.1 Å². The third-order valence-electron chi connectivity index (χ3n) is 3.09. The molecule has 0 aliphatic rings. The van der Waals surface area contributed by atoms with Gasteiger partial charge in [0.1, 0.15) is 11.3 Å². The molecule has 9 heteroatoms. The fourth-order valence-electron chi connectivity index (χ4n) is 1.90. The third-order valence-corrected chi connectivity index (χ3v) is 3.59. The van der Waals surface area contributed by atoms with Gasteiger partial charge in [-0.25, -0.2) is 9.18 Å². The Morgan fingerprint density at radius 2 is 2.04 bits per heavy atom. The second kappa shape index (κ2) is 8.04. The van der Waals surface area contributed by atoms with E-state index in [9.17, 15) is 19.3 Å². The molecule has 0 bridgehead atoms. The zero-order valence-corrected chi connectivity index (χ0v) is 14.7. The molecule has 0 aliphatic heterocycles. The highest BCUT2D eigenvalue weighted by Gasteiger charge is 2.24. The number of terminal acetylenes is 1. The average Bonchev–Trinajstić information content (AvgIpc) is 2.57. The number of carbonyl (C=O) groups excluding carboxylic acids is 1. The number of halogens is 3. The van der Waals surface area contributed by atoms with Crippen LogP contribution in [0.5, 0.6) is 11.5 Å². The van der Waals surface area contributed by atoms with Gasteiger partial charge in [0.15, 0.2) is 17.7 Å². The summed E-state index contributed by atoms with van der Waals surface area (Å²) in [6.45, 7) is 1.42. The van der Waals surface area contributed by atoms with Gasteiger partial charge in [-0.05, 0) is 25.1 Å². The Morgan fingerprint density at radius 3 is 2.62 bits per heavy atom. The topological polar surface area (TPSA) is 78.7 Å². The molecule has 2 aromatic rings. The van der Waals surface area contributed by atoms with Crippen LogP contribution in [0.1, 0.15) is 17.3 Å². The van der Waals surface area contributed by atoms with E-state index < -0.39 is 34.1 Å². The molecule has 1 atom stereocenters. The SMILES string of the molecule is C#CC(C)OC(=O)c1cc(Oc2c(F)cc(Cl)cc2Cl)ccc1[N+](=O)[O-]. The quantitative estimate of drug-likeness (QED) is 0.306. The van der Waals surface area contributed by atoms with E-state index in [1.807, 2.05) is 0 Å². The summed E-state index contributed by atoms with van der Waals surface area (Å²) in [6, 6.07) is 5.49. The predicted octanol–water partition coefficient (Wildman–Crippen LogP) is 5.01. The molecule has 0 aromatic heterocycles. The minimum Gasteiger partial charge on any atom is -0.453 e. The van der Waals surface area contributed by atoms with E-state index in [1.165, 1.54) is 19.1 Å². The Hall–Kier alpha value is -2.82. The maximum absolute atomic E-state index is 14.0. The Balaban J connectivity index is 2.43. The van der Waals surface area contributed by atoms with Gasteiger partial charge in [0.2, 0.25) is 0 Å². The smallest absolute Gasteiger partial charge is 0.346 e. The van der Waals surface area contributed by atoms with Gasteiger partial charge in [-0.3, -0.25) is 10.1 Å². The standard InChI is InChI=1S/C17H10Cl2FNO5/c1-3-9(2)25-17(22)12-8-11(4-5-15(12)21(23)24)26-16-13(19)6-10(18)7-14(16)20/h1,4-9H,2H3. The number of hydrogen-bond donors (Lipinski definition) is 0. The lowest BCUT2D eigenvalue weighted by Gasteiger charge is -2.11. The first-order chi connectivity index (χ1) is 12.2. The van der Waals surface area contributed by atoms with Crippen LogP contribution in [0.3, 0.4) is 0 Å². The summed E-state index contributed by atoms with van der Waals surface area (Å²) >= 11 is 11.6. The van der Waals surface area contributed by atoms with Gasteiger partial charge in [-0.1, -0.05) is 29.1 Å². The van der Waals surface area contributed by atoms with Crippen molar-refractivity contribution in [1.82, 2.24) is 0 Å². The normalized spacial score (nSPS) is 11.3. The number of esters is 1. The Labute approximate surface area is 157 Å². The molecule has 0 aliphatic carbocycles. The zero-order chi connectivity index (χ0) is 19.4. The van der Waals surface area contributed by atoms with Crippen molar-refractivity contribution in [2.24, 2.45) is 0 Å². The van der Waals surface area contributed by atoms with Crippen molar-refractivity contribution in [3.8, 4) is 23.8 Å². The van der Waals surface area contributed by atoms with Gasteiger partial charge >= 0.3 is 5.97 Å². The molecule has 134 valence electrons. The molecule has 0 radical (unpaired) electrons. The van der Waals surface area contributed by atoms with Crippen molar-refractivity contribution in [3.05, 3.63) is 61.9 Å². The molecule has 0 saturated heterocycles. The lowest BCUT2D eigenvalue weighted by molar-refractivity contribution is -0.385. The molecule has 1 unspecified atom stereocenters. The number of hydrogen-bond acceptors (Lipinski definition) is 5. The van der Waals surface area contributed by atoms with Crippen LogP contribution in [0.15, 0.2) is 30.3 Å². The molecule has 0 fully saturated rings. The van der Waals surface area contributed by atoms with Gasteiger partial charge in [0.25, 0.3) is 5.69 Å². The fraction of sp³-hybridized carbons (Fsp3) is 0.118. The van der Waals surface area contributed by atoms with Gasteiger partial charge in [0.05, 0.1) is 9.95 Å². The zero-order valence-electron chi connectivity index (χ0n) is 13.2. The number of rotatable bonds is 5. The summed E-state index contributed by atoms with van der Waals surface area (Å²) in [6.07, 6.45) is 4.23. The first-order valence-electron chi connectivity index (χ1n) is 7.01. The first-order valence-corrected chi connectivity index (χ1v) is 7.76. The maximum Gasteiger partial charge on any atom is 0.346 e. The Morgan fingerprint density at radius 1 is 1.35 bits per heavy atom. The summed E-state index contributed by atoms with van der Waals surface area (Å²) in [4.78, 5) is 22.5. The Bertz CT molecular complexity index is 903. The van der Waals surface area contributed by atoms with E-state index in [-0.39, 0.29) is 21.5 Å². The number of nitro benzene ring substituents is 1. The van der Waals surface area contributed by atoms with E-state index in [0.29, 0.717) is 0 Å². The largest absolute Gasteiger partial charge is 0.453 e. The molecular formula is C17H10Cl2FNO5. The number of ether oxygens (including phenoxy) is 2. The highest BCUT2D eigenvalue weighted by atomic mass is 35.5. The van der Waals surface area contributed by atoms with E-state index in [4.69, 9.17) is 39.1 Å². The minimum atomic E-state index is -1.02. The van der Waals surface area contributed by atoms with Crippen molar-refractivity contribution in [3.63, 3.8) is 0 Å². The van der Waals surface area contributed by atoms with Gasteiger partial charge in [-0.15, -0.1) is 6.42 Å². The van der Waals surface area contributed by atoms with Crippen LogP contribution < -0.4 is 4.74 Å². The molecule has 2 aromatic carbocycles. The number of benzene rings is 2. The highest BCUT2D eigenvalue weighted by molar-refractivity contribution is 6.35. The van der Waals surface area contributed by atoms with Crippen LogP contribution in [0.2, 0.25) is 10.0 Å². The monoisotopic (exact) mass is 397 g/mol. The van der Waals surface area contributed by atoms with Crippen LogP contribution in [0, 0.1) is 28.3 Å².